The van der Waals surface area contributed by atoms with Crippen LogP contribution in [0.3, 0.4) is 0 Å². The van der Waals surface area contributed by atoms with Gasteiger partial charge in [-0.2, -0.15) is 0 Å². The highest BCUT2D eigenvalue weighted by molar-refractivity contribution is 6.41. The minimum absolute atomic E-state index is 0.0405. The normalized spacial score (nSPS) is 14.8. The topological polar surface area (TPSA) is 171 Å². The lowest BCUT2D eigenvalue weighted by molar-refractivity contribution is -0.141. The summed E-state index contributed by atoms with van der Waals surface area (Å²) in [5.41, 5.74) is 5.63. The monoisotopic (exact) mass is 408 g/mol. The molecule has 1 atom stereocenters. The summed E-state index contributed by atoms with van der Waals surface area (Å²) in [5.74, 6) is -2.26. The largest absolute Gasteiger partial charge is 0.507 e. The van der Waals surface area contributed by atoms with Gasteiger partial charge >= 0.3 is 13.1 Å². The van der Waals surface area contributed by atoms with Crippen LogP contribution in [0.25, 0.3) is 0 Å². The summed E-state index contributed by atoms with van der Waals surface area (Å²) in [6, 6.07) is 2.07. The number of carboxylic acids is 1. The molecule has 1 heterocycles. The fourth-order valence-corrected chi connectivity index (χ4v) is 3.00. The summed E-state index contributed by atoms with van der Waals surface area (Å²) in [7, 11) is -1.57. The number of aryl methyl sites for hydroxylation is 1. The minimum Gasteiger partial charge on any atom is -0.507 e. The maximum Gasteiger partial charge on any atom is 0.451 e. The Morgan fingerprint density at radius 2 is 1.97 bits per heavy atom. The number of carbonyl (C=O) groups excluding carboxylic acids is 2. The van der Waals surface area contributed by atoms with Gasteiger partial charge in [-0.1, -0.05) is 6.07 Å². The van der Waals surface area contributed by atoms with Gasteiger partial charge in [-0.3, -0.25) is 4.79 Å². The Hall–Kier alpha value is -2.63. The highest BCUT2D eigenvalue weighted by atomic mass is 16.5. The van der Waals surface area contributed by atoms with Gasteiger partial charge in [0.25, 0.3) is 0 Å². The zero-order valence-electron chi connectivity index (χ0n) is 16.1. The first-order valence-electron chi connectivity index (χ1n) is 9.24. The van der Waals surface area contributed by atoms with Crippen molar-refractivity contribution in [3.63, 3.8) is 0 Å². The van der Waals surface area contributed by atoms with Gasteiger partial charge in [0.1, 0.15) is 28.9 Å². The van der Waals surface area contributed by atoms with E-state index in [1.807, 2.05) is 0 Å². The molecule has 10 nitrogen and oxygen atoms in total. The average molecular weight is 408 g/mol. The Bertz CT molecular complexity index is 779. The van der Waals surface area contributed by atoms with E-state index in [1.165, 1.54) is 24.0 Å². The molecule has 6 N–H and O–H groups in total. The maximum absolute atomic E-state index is 12.2. The van der Waals surface area contributed by atoms with Crippen molar-refractivity contribution in [3.8, 4) is 11.5 Å². The molecule has 0 aromatic heterocycles. The molecule has 1 fully saturated rings. The first-order chi connectivity index (χ1) is 13.6. The Balaban J connectivity index is 1.99. The van der Waals surface area contributed by atoms with Crippen molar-refractivity contribution in [3.05, 3.63) is 23.3 Å². The summed E-state index contributed by atoms with van der Waals surface area (Å²) in [5, 5.41) is 37.5. The number of nitrogens with two attached hydrogens (primary N) is 1. The lowest BCUT2D eigenvalue weighted by Gasteiger charge is -2.40. The highest BCUT2D eigenvalue weighted by Crippen LogP contribution is 2.34. The predicted molar refractivity (Wildman–Crippen MR) is 103 cm³/mol. The second-order valence-electron chi connectivity index (χ2n) is 7.10. The van der Waals surface area contributed by atoms with Crippen LogP contribution in [-0.4, -0.2) is 75.2 Å². The van der Waals surface area contributed by atoms with Crippen LogP contribution in [-0.2, 0) is 16.0 Å². The summed E-state index contributed by atoms with van der Waals surface area (Å²) >= 11 is 0. The van der Waals surface area contributed by atoms with Crippen molar-refractivity contribution in [2.45, 2.75) is 44.7 Å². The Kier molecular flexibility index (Phi) is 7.60. The molecule has 0 unspecified atom stereocenters. The predicted octanol–water partition coefficient (Wildman–Crippen LogP) is -0.608. The SMILES string of the molecule is CC(=O)CC[C@@H](N)C(=O)N1CC(Oc2ccc(CCB(O)O)c(O)c2C(=O)O)C1. The number of carboxylic acid groups (broad SMARTS) is 1. The van der Waals surface area contributed by atoms with Gasteiger partial charge in [0.05, 0.1) is 19.1 Å². The van der Waals surface area contributed by atoms with Crippen molar-refractivity contribution in [1.82, 2.24) is 4.90 Å². The summed E-state index contributed by atoms with van der Waals surface area (Å²) in [4.78, 5) is 36.2. The van der Waals surface area contributed by atoms with Gasteiger partial charge in [-0.25, -0.2) is 4.79 Å². The Morgan fingerprint density at radius 1 is 1.31 bits per heavy atom. The number of aromatic carboxylic acids is 1. The lowest BCUT2D eigenvalue weighted by atomic mass is 9.82. The van der Waals surface area contributed by atoms with Crippen molar-refractivity contribution < 1.29 is 39.4 Å². The molecule has 1 amide bonds. The van der Waals surface area contributed by atoms with Crippen LogP contribution in [0.2, 0.25) is 6.32 Å². The molecule has 0 saturated carbocycles. The summed E-state index contributed by atoms with van der Waals surface area (Å²) in [6.45, 7) is 1.85. The van der Waals surface area contributed by atoms with E-state index in [0.29, 0.717) is 0 Å². The van der Waals surface area contributed by atoms with Gasteiger partial charge in [-0.05, 0) is 37.7 Å². The van der Waals surface area contributed by atoms with Crippen molar-refractivity contribution >= 4 is 24.8 Å². The number of hydrogen-bond donors (Lipinski definition) is 5. The molecule has 0 spiro atoms. The van der Waals surface area contributed by atoms with Gasteiger partial charge in [-0.15, -0.1) is 0 Å². The molecule has 158 valence electrons. The zero-order chi connectivity index (χ0) is 21.7. The minimum atomic E-state index is -1.57. The number of amides is 1. The van der Waals surface area contributed by atoms with E-state index in [0.717, 1.165) is 0 Å². The highest BCUT2D eigenvalue weighted by Gasteiger charge is 2.35. The molecule has 29 heavy (non-hydrogen) atoms. The number of aromatic hydroxyl groups is 1. The van der Waals surface area contributed by atoms with Gasteiger partial charge in [0.2, 0.25) is 5.91 Å². The van der Waals surface area contributed by atoms with Crippen LogP contribution >= 0.6 is 0 Å². The molecule has 11 heteroatoms. The van der Waals surface area contributed by atoms with E-state index in [4.69, 9.17) is 20.5 Å². The average Bonchev–Trinajstić information content (AvgIpc) is 2.60. The molecule has 1 aliphatic heterocycles. The van der Waals surface area contributed by atoms with E-state index >= 15 is 0 Å². The molecular weight excluding hydrogens is 383 g/mol. The second-order valence-corrected chi connectivity index (χ2v) is 7.10. The maximum atomic E-state index is 12.2. The standard InChI is InChI=1S/C18H25BN2O8/c1-10(22)2-4-13(20)17(24)21-8-12(9-21)29-14-5-3-11(6-7-19(27)28)16(23)15(14)18(25)26/h3,5,12-13,23,27-28H,2,4,6-9,20H2,1H3,(H,25,26)/t13-/m1/s1. The van der Waals surface area contributed by atoms with Gasteiger partial charge in [0, 0.05) is 6.42 Å². The number of rotatable bonds is 10. The third-order valence-electron chi connectivity index (χ3n) is 4.69. The van der Waals surface area contributed by atoms with Crippen LogP contribution in [0.15, 0.2) is 12.1 Å². The summed E-state index contributed by atoms with van der Waals surface area (Å²) in [6.07, 6.45) is 0.0462. The lowest BCUT2D eigenvalue weighted by Crippen LogP contribution is -2.59. The fraction of sp³-hybridized carbons (Fsp3) is 0.500. The molecular formula is C18H25BN2O8. The third kappa shape index (κ3) is 5.92. The number of carbonyl (C=O) groups is 3. The molecule has 1 aromatic carbocycles. The van der Waals surface area contributed by atoms with Crippen molar-refractivity contribution in [2.75, 3.05) is 13.1 Å². The number of ether oxygens (including phenoxy) is 1. The molecule has 0 radical (unpaired) electrons. The number of phenols is 1. The quantitative estimate of drug-likeness (QED) is 0.317. The van der Waals surface area contributed by atoms with Crippen molar-refractivity contribution in [2.24, 2.45) is 5.73 Å². The molecule has 1 saturated heterocycles. The Morgan fingerprint density at radius 3 is 2.52 bits per heavy atom. The van der Waals surface area contributed by atoms with E-state index in [9.17, 15) is 24.6 Å². The molecule has 0 bridgehead atoms. The number of Topliss-reactive ketones (excluding diaryl/α,β-unsaturated/α-hetero) is 1. The summed E-state index contributed by atoms with van der Waals surface area (Å²) < 4.78 is 5.63. The number of likely N-dealkylation sites (tertiary alicyclic amines) is 1. The van der Waals surface area contributed by atoms with E-state index < -0.39 is 36.5 Å². The molecule has 0 aliphatic carbocycles. The van der Waals surface area contributed by atoms with Crippen LogP contribution in [0, 0.1) is 0 Å². The van der Waals surface area contributed by atoms with Gasteiger partial charge in [0.15, 0.2) is 0 Å². The molecule has 1 aromatic rings. The van der Waals surface area contributed by atoms with Crippen LogP contribution in [0.5, 0.6) is 11.5 Å². The first-order valence-corrected chi connectivity index (χ1v) is 9.24. The van der Waals surface area contributed by atoms with E-state index in [1.54, 1.807) is 0 Å². The number of hydrogen-bond acceptors (Lipinski definition) is 8. The van der Waals surface area contributed by atoms with Crippen LogP contribution < -0.4 is 10.5 Å². The van der Waals surface area contributed by atoms with Gasteiger partial charge < -0.3 is 40.4 Å². The molecule has 1 aliphatic rings. The smallest absolute Gasteiger partial charge is 0.451 e. The first kappa shape index (κ1) is 22.7. The van der Waals surface area contributed by atoms with Crippen LogP contribution in [0.4, 0.5) is 0 Å². The van der Waals surface area contributed by atoms with E-state index in [2.05, 4.69) is 0 Å². The van der Waals surface area contributed by atoms with Crippen LogP contribution in [0.1, 0.15) is 35.7 Å². The fourth-order valence-electron chi connectivity index (χ4n) is 3.00. The molecule has 2 rings (SSSR count). The number of benzene rings is 1. The number of ketones is 1. The van der Waals surface area contributed by atoms with Crippen molar-refractivity contribution in [1.29, 1.82) is 0 Å². The third-order valence-corrected chi connectivity index (χ3v) is 4.69. The zero-order valence-corrected chi connectivity index (χ0v) is 16.1. The number of nitrogens with zero attached hydrogens (tertiary/aromatic N) is 1. The Labute approximate surface area is 168 Å². The second kappa shape index (κ2) is 9.72. The van der Waals surface area contributed by atoms with E-state index in [-0.39, 0.29) is 61.7 Å².